The summed E-state index contributed by atoms with van der Waals surface area (Å²) in [6, 6.07) is 13.2. The second-order valence-corrected chi connectivity index (χ2v) is 11.5. The first-order chi connectivity index (χ1) is 18.6. The highest BCUT2D eigenvalue weighted by Gasteiger charge is 2.26. The molecule has 2 N–H and O–H groups in total. The summed E-state index contributed by atoms with van der Waals surface area (Å²) in [5.74, 6) is 0.758. The summed E-state index contributed by atoms with van der Waals surface area (Å²) in [7, 11) is 1.62. The van der Waals surface area contributed by atoms with Gasteiger partial charge in [0.25, 0.3) is 5.91 Å². The molecule has 0 aliphatic carbocycles. The summed E-state index contributed by atoms with van der Waals surface area (Å²) < 4.78 is 5.20. The molecule has 2 fully saturated rings. The zero-order valence-electron chi connectivity index (χ0n) is 23.6. The van der Waals surface area contributed by atoms with E-state index >= 15 is 0 Å². The van der Waals surface area contributed by atoms with Gasteiger partial charge < -0.3 is 30.1 Å². The third kappa shape index (κ3) is 7.72. The Labute approximate surface area is 231 Å². The van der Waals surface area contributed by atoms with Crippen molar-refractivity contribution in [1.82, 2.24) is 15.1 Å². The summed E-state index contributed by atoms with van der Waals surface area (Å²) in [4.78, 5) is 45.0. The fourth-order valence-electron chi connectivity index (χ4n) is 5.00. The Morgan fingerprint density at radius 3 is 2.18 bits per heavy atom. The van der Waals surface area contributed by atoms with Crippen LogP contribution in [-0.4, -0.2) is 87.0 Å². The molecular weight excluding hydrogens is 494 g/mol. The van der Waals surface area contributed by atoms with Crippen molar-refractivity contribution in [2.75, 3.05) is 69.7 Å². The zero-order chi connectivity index (χ0) is 28.0. The lowest BCUT2D eigenvalue weighted by Gasteiger charge is -2.37. The maximum atomic E-state index is 13.2. The van der Waals surface area contributed by atoms with Gasteiger partial charge in [0.15, 0.2) is 0 Å². The minimum Gasteiger partial charge on any atom is -0.497 e. The minimum atomic E-state index is -0.158. The molecule has 2 heterocycles. The van der Waals surface area contributed by atoms with Gasteiger partial charge in [0, 0.05) is 64.3 Å². The molecule has 39 heavy (non-hydrogen) atoms. The van der Waals surface area contributed by atoms with E-state index < -0.39 is 0 Å². The summed E-state index contributed by atoms with van der Waals surface area (Å²) in [5.41, 5.74) is 2.88. The standard InChI is InChI=1S/C30H41N5O4/c1-30(2,3)21-27(36)32-25-20-23(29(38)35-13-11-31-12-14-35)7-10-26(25)33-15-17-34(18-16-33)28(37)19-22-5-8-24(39-4)9-6-22/h5-10,20,31H,11-19,21H2,1-4H3,(H,32,36). The van der Waals surface area contributed by atoms with Crippen molar-refractivity contribution in [2.45, 2.75) is 33.6 Å². The van der Waals surface area contributed by atoms with Gasteiger partial charge in [-0.25, -0.2) is 0 Å². The number of benzene rings is 2. The fraction of sp³-hybridized carbons (Fsp3) is 0.500. The largest absolute Gasteiger partial charge is 0.497 e. The van der Waals surface area contributed by atoms with Crippen LogP contribution in [0.1, 0.15) is 43.1 Å². The summed E-state index contributed by atoms with van der Waals surface area (Å²) in [6.45, 7) is 11.4. The van der Waals surface area contributed by atoms with Gasteiger partial charge in [-0.2, -0.15) is 0 Å². The molecule has 2 aliphatic rings. The van der Waals surface area contributed by atoms with Gasteiger partial charge in [-0.05, 0) is 41.3 Å². The Morgan fingerprint density at radius 2 is 1.56 bits per heavy atom. The number of amides is 3. The first-order valence-corrected chi connectivity index (χ1v) is 13.7. The first-order valence-electron chi connectivity index (χ1n) is 13.7. The highest BCUT2D eigenvalue weighted by atomic mass is 16.5. The number of methoxy groups -OCH3 is 1. The van der Waals surface area contributed by atoms with Crippen molar-refractivity contribution in [2.24, 2.45) is 5.41 Å². The van der Waals surface area contributed by atoms with Crippen LogP contribution in [0, 0.1) is 5.41 Å². The van der Waals surface area contributed by atoms with Crippen LogP contribution in [-0.2, 0) is 16.0 Å². The predicted molar refractivity (Wildman–Crippen MR) is 153 cm³/mol. The van der Waals surface area contributed by atoms with E-state index in [9.17, 15) is 14.4 Å². The lowest BCUT2D eigenvalue weighted by molar-refractivity contribution is -0.130. The number of hydrogen-bond acceptors (Lipinski definition) is 6. The number of carbonyl (C=O) groups is 3. The van der Waals surface area contributed by atoms with E-state index in [1.165, 1.54) is 0 Å². The van der Waals surface area contributed by atoms with Gasteiger partial charge in [0.1, 0.15) is 5.75 Å². The van der Waals surface area contributed by atoms with E-state index in [0.717, 1.165) is 30.1 Å². The second kappa shape index (κ2) is 12.5. The molecule has 0 atom stereocenters. The van der Waals surface area contributed by atoms with Gasteiger partial charge in [0.2, 0.25) is 11.8 Å². The molecule has 0 radical (unpaired) electrons. The average Bonchev–Trinajstić information content (AvgIpc) is 2.92. The zero-order valence-corrected chi connectivity index (χ0v) is 23.6. The number of piperazine rings is 2. The maximum absolute atomic E-state index is 13.2. The van der Waals surface area contributed by atoms with Gasteiger partial charge in [-0.3, -0.25) is 14.4 Å². The molecule has 9 nitrogen and oxygen atoms in total. The lowest BCUT2D eigenvalue weighted by atomic mass is 9.92. The molecule has 0 unspecified atom stereocenters. The second-order valence-electron chi connectivity index (χ2n) is 11.5. The number of nitrogens with zero attached hydrogens (tertiary/aromatic N) is 3. The molecule has 2 aromatic carbocycles. The quantitative estimate of drug-likeness (QED) is 0.566. The van der Waals surface area contributed by atoms with E-state index in [2.05, 4.69) is 15.5 Å². The first kappa shape index (κ1) is 28.4. The lowest BCUT2D eigenvalue weighted by Crippen LogP contribution is -2.49. The Morgan fingerprint density at radius 1 is 0.897 bits per heavy atom. The van der Waals surface area contributed by atoms with Gasteiger partial charge in [0.05, 0.1) is 24.9 Å². The van der Waals surface area contributed by atoms with Gasteiger partial charge >= 0.3 is 0 Å². The summed E-state index contributed by atoms with van der Waals surface area (Å²) in [5, 5.41) is 6.36. The molecular formula is C30H41N5O4. The number of hydrogen-bond donors (Lipinski definition) is 2. The van der Waals surface area contributed by atoms with Crippen molar-refractivity contribution < 1.29 is 19.1 Å². The summed E-state index contributed by atoms with van der Waals surface area (Å²) in [6.07, 6.45) is 0.719. The van der Waals surface area contributed by atoms with E-state index in [1.807, 2.05) is 73.0 Å². The Hall–Kier alpha value is -3.59. The van der Waals surface area contributed by atoms with E-state index in [-0.39, 0.29) is 23.1 Å². The molecule has 4 rings (SSSR count). The van der Waals surface area contributed by atoms with Crippen molar-refractivity contribution in [3.63, 3.8) is 0 Å². The summed E-state index contributed by atoms with van der Waals surface area (Å²) >= 11 is 0. The number of ether oxygens (including phenoxy) is 1. The fourth-order valence-corrected chi connectivity index (χ4v) is 5.00. The normalized spacial score (nSPS) is 16.2. The highest BCUT2D eigenvalue weighted by molar-refractivity contribution is 6.00. The van der Waals surface area contributed by atoms with Crippen LogP contribution >= 0.6 is 0 Å². The molecule has 0 spiro atoms. The SMILES string of the molecule is COc1ccc(CC(=O)N2CCN(c3ccc(C(=O)N4CCNCC4)cc3NC(=O)CC(C)(C)C)CC2)cc1. The van der Waals surface area contributed by atoms with Crippen LogP contribution in [0.5, 0.6) is 5.75 Å². The number of nitrogens with one attached hydrogen (secondary N) is 2. The van der Waals surface area contributed by atoms with Crippen molar-refractivity contribution >= 4 is 29.1 Å². The van der Waals surface area contributed by atoms with Gasteiger partial charge in [-0.15, -0.1) is 0 Å². The minimum absolute atomic E-state index is 0.0247. The Kier molecular flexibility index (Phi) is 9.12. The van der Waals surface area contributed by atoms with Crippen LogP contribution in [0.2, 0.25) is 0 Å². The van der Waals surface area contributed by atoms with Crippen molar-refractivity contribution in [3.05, 3.63) is 53.6 Å². The molecule has 0 bridgehead atoms. The van der Waals surface area contributed by atoms with Crippen LogP contribution in [0.4, 0.5) is 11.4 Å². The Bertz CT molecular complexity index is 1160. The average molecular weight is 536 g/mol. The van der Waals surface area contributed by atoms with Crippen LogP contribution in [0.3, 0.4) is 0 Å². The van der Waals surface area contributed by atoms with E-state index in [4.69, 9.17) is 4.74 Å². The van der Waals surface area contributed by atoms with Crippen LogP contribution in [0.25, 0.3) is 0 Å². The molecule has 2 aliphatic heterocycles. The predicted octanol–water partition coefficient (Wildman–Crippen LogP) is 3.01. The molecule has 2 aromatic rings. The number of anilines is 2. The Balaban J connectivity index is 1.46. The smallest absolute Gasteiger partial charge is 0.254 e. The molecule has 2 saturated heterocycles. The van der Waals surface area contributed by atoms with Crippen LogP contribution < -0.4 is 20.3 Å². The number of carbonyl (C=O) groups excluding carboxylic acids is 3. The van der Waals surface area contributed by atoms with Gasteiger partial charge in [-0.1, -0.05) is 32.9 Å². The molecule has 3 amide bonds. The molecule has 9 heteroatoms. The van der Waals surface area contributed by atoms with Crippen molar-refractivity contribution in [1.29, 1.82) is 0 Å². The number of rotatable bonds is 7. The maximum Gasteiger partial charge on any atom is 0.254 e. The van der Waals surface area contributed by atoms with Crippen molar-refractivity contribution in [3.8, 4) is 5.75 Å². The monoisotopic (exact) mass is 535 g/mol. The van der Waals surface area contributed by atoms with Crippen LogP contribution in [0.15, 0.2) is 42.5 Å². The third-order valence-corrected chi connectivity index (χ3v) is 7.10. The van der Waals surface area contributed by atoms with E-state index in [0.29, 0.717) is 63.4 Å². The topological polar surface area (TPSA) is 94.2 Å². The van der Waals surface area contributed by atoms with E-state index in [1.54, 1.807) is 7.11 Å². The third-order valence-electron chi connectivity index (χ3n) is 7.10. The molecule has 0 aromatic heterocycles. The molecule has 0 saturated carbocycles. The highest BCUT2D eigenvalue weighted by Crippen LogP contribution is 2.30. The molecule has 210 valence electrons.